The molecule has 4 rings (SSSR count). The molecule has 6 nitrogen and oxygen atoms in total. The molecule has 1 saturated carbocycles. The SMILES string of the molecule is COc1cc(C)cc2c(C)c(C(C)NC(=O)C3CCC(OCC4CCCO4)CC3)oc12. The fourth-order valence-corrected chi connectivity index (χ4v) is 4.92. The molecular formula is C25H35NO5. The number of carbonyl (C=O) groups excluding carboxylic acids is 1. The molecule has 2 aromatic rings. The van der Waals surface area contributed by atoms with E-state index >= 15 is 0 Å². The minimum absolute atomic E-state index is 0.0338. The van der Waals surface area contributed by atoms with Crippen molar-refractivity contribution < 1.29 is 23.4 Å². The topological polar surface area (TPSA) is 69.9 Å². The van der Waals surface area contributed by atoms with E-state index in [0.717, 1.165) is 78.7 Å². The molecule has 1 amide bonds. The molecule has 1 saturated heterocycles. The molecule has 1 aromatic heterocycles. The Morgan fingerprint density at radius 3 is 2.65 bits per heavy atom. The molecule has 6 heteroatoms. The van der Waals surface area contributed by atoms with Crippen molar-refractivity contribution in [1.82, 2.24) is 5.32 Å². The van der Waals surface area contributed by atoms with E-state index in [-0.39, 0.29) is 30.1 Å². The summed E-state index contributed by atoms with van der Waals surface area (Å²) in [4.78, 5) is 12.9. The third-order valence-corrected chi connectivity index (χ3v) is 6.74. The Morgan fingerprint density at radius 1 is 1.19 bits per heavy atom. The molecule has 1 N–H and O–H groups in total. The minimum Gasteiger partial charge on any atom is -0.493 e. The van der Waals surface area contributed by atoms with Crippen LogP contribution in [0, 0.1) is 19.8 Å². The van der Waals surface area contributed by atoms with E-state index in [4.69, 9.17) is 18.6 Å². The van der Waals surface area contributed by atoms with Crippen LogP contribution in [-0.4, -0.2) is 38.4 Å². The maximum atomic E-state index is 12.9. The van der Waals surface area contributed by atoms with E-state index in [9.17, 15) is 4.79 Å². The third kappa shape index (κ3) is 4.90. The molecule has 1 aliphatic carbocycles. The molecule has 2 unspecified atom stereocenters. The highest BCUT2D eigenvalue weighted by Crippen LogP contribution is 2.36. The number of benzene rings is 1. The van der Waals surface area contributed by atoms with Gasteiger partial charge in [-0.2, -0.15) is 0 Å². The van der Waals surface area contributed by atoms with Crippen LogP contribution in [-0.2, 0) is 14.3 Å². The number of ether oxygens (including phenoxy) is 3. The second kappa shape index (κ2) is 9.61. The summed E-state index contributed by atoms with van der Waals surface area (Å²) in [5.41, 5.74) is 2.91. The summed E-state index contributed by atoms with van der Waals surface area (Å²) < 4.78 is 23.3. The van der Waals surface area contributed by atoms with Gasteiger partial charge in [0.05, 0.1) is 32.0 Å². The van der Waals surface area contributed by atoms with E-state index in [1.54, 1.807) is 7.11 Å². The highest BCUT2D eigenvalue weighted by atomic mass is 16.5. The second-order valence-corrected chi connectivity index (χ2v) is 9.11. The lowest BCUT2D eigenvalue weighted by atomic mass is 9.86. The number of fused-ring (bicyclic) bond motifs is 1. The number of amides is 1. The number of rotatable bonds is 7. The average molecular weight is 430 g/mol. The average Bonchev–Trinajstić information content (AvgIpc) is 3.40. The zero-order chi connectivity index (χ0) is 22.0. The molecule has 0 spiro atoms. The van der Waals surface area contributed by atoms with Crippen LogP contribution in [0.2, 0.25) is 0 Å². The van der Waals surface area contributed by atoms with Gasteiger partial charge in [0.25, 0.3) is 0 Å². The highest BCUT2D eigenvalue weighted by molar-refractivity contribution is 5.88. The van der Waals surface area contributed by atoms with Gasteiger partial charge < -0.3 is 23.9 Å². The molecule has 1 aliphatic heterocycles. The molecule has 170 valence electrons. The van der Waals surface area contributed by atoms with Crippen LogP contribution in [0.4, 0.5) is 0 Å². The van der Waals surface area contributed by atoms with Crippen LogP contribution < -0.4 is 10.1 Å². The molecule has 1 aromatic carbocycles. The van der Waals surface area contributed by atoms with Gasteiger partial charge in [0, 0.05) is 23.5 Å². The predicted octanol–water partition coefficient (Wildman–Crippen LogP) is 4.99. The Labute approximate surface area is 184 Å². The molecule has 2 fully saturated rings. The van der Waals surface area contributed by atoms with Gasteiger partial charge in [0.15, 0.2) is 11.3 Å². The number of nitrogens with one attached hydrogen (secondary N) is 1. The first-order chi connectivity index (χ1) is 15.0. The van der Waals surface area contributed by atoms with Gasteiger partial charge in [-0.25, -0.2) is 0 Å². The van der Waals surface area contributed by atoms with Gasteiger partial charge in [-0.3, -0.25) is 4.79 Å². The summed E-state index contributed by atoms with van der Waals surface area (Å²) in [6, 6.07) is 3.88. The maximum absolute atomic E-state index is 12.9. The monoisotopic (exact) mass is 429 g/mol. The van der Waals surface area contributed by atoms with Crippen molar-refractivity contribution in [2.45, 2.75) is 77.5 Å². The van der Waals surface area contributed by atoms with Gasteiger partial charge >= 0.3 is 0 Å². The largest absolute Gasteiger partial charge is 0.493 e. The van der Waals surface area contributed by atoms with Crippen molar-refractivity contribution >= 4 is 16.9 Å². The van der Waals surface area contributed by atoms with Gasteiger partial charge in [-0.15, -0.1) is 0 Å². The normalized spacial score (nSPS) is 25.0. The van der Waals surface area contributed by atoms with Crippen molar-refractivity contribution in [2.75, 3.05) is 20.3 Å². The quantitative estimate of drug-likeness (QED) is 0.671. The molecule has 2 aliphatic rings. The Balaban J connectivity index is 1.33. The maximum Gasteiger partial charge on any atom is 0.223 e. The van der Waals surface area contributed by atoms with Crippen LogP contribution in [0.15, 0.2) is 16.5 Å². The Kier molecular flexibility index (Phi) is 6.87. The van der Waals surface area contributed by atoms with Crippen molar-refractivity contribution in [3.63, 3.8) is 0 Å². The lowest BCUT2D eigenvalue weighted by Gasteiger charge is -2.29. The van der Waals surface area contributed by atoms with Crippen molar-refractivity contribution in [3.8, 4) is 5.75 Å². The lowest BCUT2D eigenvalue weighted by molar-refractivity contribution is -0.128. The smallest absolute Gasteiger partial charge is 0.223 e. The summed E-state index contributed by atoms with van der Waals surface area (Å²) in [6.45, 7) is 7.61. The van der Waals surface area contributed by atoms with Gasteiger partial charge in [0.1, 0.15) is 5.76 Å². The minimum atomic E-state index is -0.196. The van der Waals surface area contributed by atoms with E-state index in [0.29, 0.717) is 6.61 Å². The first-order valence-electron chi connectivity index (χ1n) is 11.6. The summed E-state index contributed by atoms with van der Waals surface area (Å²) >= 11 is 0. The number of aryl methyl sites for hydroxylation is 2. The Morgan fingerprint density at radius 2 is 1.97 bits per heavy atom. The number of furan rings is 1. The standard InChI is InChI=1S/C25H35NO5/c1-15-12-21-16(2)23(31-24(21)22(13-15)28-4)17(3)26-25(27)18-7-9-19(10-8-18)30-14-20-6-5-11-29-20/h12-13,17-20H,5-11,14H2,1-4H3,(H,26,27). The van der Waals surface area contributed by atoms with Crippen LogP contribution in [0.3, 0.4) is 0 Å². The van der Waals surface area contributed by atoms with Crippen LogP contribution in [0.1, 0.15) is 68.4 Å². The van der Waals surface area contributed by atoms with Crippen LogP contribution >= 0.6 is 0 Å². The number of carbonyl (C=O) groups is 1. The van der Waals surface area contributed by atoms with Crippen molar-refractivity contribution in [3.05, 3.63) is 29.0 Å². The fraction of sp³-hybridized carbons (Fsp3) is 0.640. The first-order valence-corrected chi connectivity index (χ1v) is 11.6. The molecule has 31 heavy (non-hydrogen) atoms. The van der Waals surface area contributed by atoms with Gasteiger partial charge in [-0.1, -0.05) is 0 Å². The van der Waals surface area contributed by atoms with Crippen molar-refractivity contribution in [2.24, 2.45) is 5.92 Å². The third-order valence-electron chi connectivity index (χ3n) is 6.74. The van der Waals surface area contributed by atoms with Crippen molar-refractivity contribution in [1.29, 1.82) is 0 Å². The summed E-state index contributed by atoms with van der Waals surface area (Å²) in [5, 5.41) is 4.22. The molecule has 2 heterocycles. The van der Waals surface area contributed by atoms with Gasteiger partial charge in [-0.05, 0) is 77.0 Å². The summed E-state index contributed by atoms with van der Waals surface area (Å²) in [5.74, 6) is 1.66. The molecular weight excluding hydrogens is 394 g/mol. The number of hydrogen-bond donors (Lipinski definition) is 1. The van der Waals surface area contributed by atoms with Gasteiger partial charge in [0.2, 0.25) is 5.91 Å². The lowest BCUT2D eigenvalue weighted by Crippen LogP contribution is -2.36. The van der Waals surface area contributed by atoms with E-state index < -0.39 is 0 Å². The van der Waals surface area contributed by atoms with E-state index in [2.05, 4.69) is 11.4 Å². The predicted molar refractivity (Wildman–Crippen MR) is 119 cm³/mol. The zero-order valence-electron chi connectivity index (χ0n) is 19.2. The van der Waals surface area contributed by atoms with E-state index in [1.807, 2.05) is 26.8 Å². The van der Waals surface area contributed by atoms with Crippen LogP contribution in [0.25, 0.3) is 11.0 Å². The highest BCUT2D eigenvalue weighted by Gasteiger charge is 2.29. The fourth-order valence-electron chi connectivity index (χ4n) is 4.92. The molecule has 0 radical (unpaired) electrons. The summed E-state index contributed by atoms with van der Waals surface area (Å²) in [7, 11) is 1.65. The Bertz CT molecular complexity index is 906. The number of hydrogen-bond acceptors (Lipinski definition) is 5. The second-order valence-electron chi connectivity index (χ2n) is 9.11. The molecule has 2 atom stereocenters. The number of methoxy groups -OCH3 is 1. The molecule has 0 bridgehead atoms. The van der Waals surface area contributed by atoms with E-state index in [1.165, 1.54) is 0 Å². The Hall–Kier alpha value is -2.05. The van der Waals surface area contributed by atoms with Crippen LogP contribution in [0.5, 0.6) is 5.75 Å². The first kappa shape index (κ1) is 22.2. The zero-order valence-corrected chi connectivity index (χ0v) is 19.2. The summed E-state index contributed by atoms with van der Waals surface area (Å²) in [6.07, 6.45) is 6.33.